The van der Waals surface area contributed by atoms with E-state index < -0.39 is 0 Å². The van der Waals surface area contributed by atoms with Crippen LogP contribution in [-0.2, 0) is 6.54 Å². The highest BCUT2D eigenvalue weighted by Gasteiger charge is 2.20. The van der Waals surface area contributed by atoms with Crippen molar-refractivity contribution in [2.45, 2.75) is 33.2 Å². The summed E-state index contributed by atoms with van der Waals surface area (Å²) in [5.41, 5.74) is 4.89. The van der Waals surface area contributed by atoms with Crippen LogP contribution < -0.4 is 5.32 Å². The van der Waals surface area contributed by atoms with Crippen LogP contribution in [0.15, 0.2) is 54.6 Å². The number of benzene rings is 2. The van der Waals surface area contributed by atoms with Gasteiger partial charge in [-0.2, -0.15) is 0 Å². The Morgan fingerprint density at radius 1 is 1.03 bits per heavy atom. The Hall–Kier alpha value is -2.76. The molecule has 2 aromatic carbocycles. The molecule has 5 heteroatoms. The SMILES string of the molecule is Cc1cccc(CN2CCC(CNC(=O)c3cc4cc5ccc(C)cc5nc4s3)CC2)c1. The fourth-order valence-corrected chi connectivity index (χ4v) is 5.53. The first-order valence-corrected chi connectivity index (χ1v) is 12.2. The maximum atomic E-state index is 12.8. The Morgan fingerprint density at radius 2 is 1.84 bits per heavy atom. The van der Waals surface area contributed by atoms with Gasteiger partial charge in [-0.1, -0.05) is 42.0 Å². The molecule has 4 nitrogen and oxygen atoms in total. The number of hydrogen-bond donors (Lipinski definition) is 1. The molecule has 3 heterocycles. The van der Waals surface area contributed by atoms with Crippen LogP contribution in [0.5, 0.6) is 0 Å². The standard InChI is InChI=1S/C27H29N3OS/c1-18-4-3-5-21(12-18)17-30-10-8-20(9-11-30)16-28-26(31)25-15-23-14-22-7-6-19(2)13-24(22)29-27(23)32-25/h3-7,12-15,20H,8-11,16-17H2,1-2H3,(H,28,31). The second-order valence-electron chi connectivity index (χ2n) is 9.11. The van der Waals surface area contributed by atoms with Gasteiger partial charge in [0.25, 0.3) is 5.91 Å². The van der Waals surface area contributed by atoms with E-state index in [0.29, 0.717) is 5.92 Å². The van der Waals surface area contributed by atoms with Crippen LogP contribution >= 0.6 is 11.3 Å². The van der Waals surface area contributed by atoms with Crippen molar-refractivity contribution in [1.29, 1.82) is 0 Å². The first-order valence-electron chi connectivity index (χ1n) is 11.4. The Morgan fingerprint density at radius 3 is 2.66 bits per heavy atom. The molecule has 1 amide bonds. The summed E-state index contributed by atoms with van der Waals surface area (Å²) in [6.45, 7) is 8.17. The normalized spacial score (nSPS) is 15.4. The summed E-state index contributed by atoms with van der Waals surface area (Å²) >= 11 is 1.48. The number of amides is 1. The van der Waals surface area contributed by atoms with Gasteiger partial charge in [-0.05, 0) is 75.0 Å². The van der Waals surface area contributed by atoms with Gasteiger partial charge in [0, 0.05) is 23.9 Å². The molecular weight excluding hydrogens is 414 g/mol. The largest absolute Gasteiger partial charge is 0.351 e. The van der Waals surface area contributed by atoms with E-state index in [1.54, 1.807) is 0 Å². The van der Waals surface area contributed by atoms with Gasteiger partial charge < -0.3 is 5.32 Å². The lowest BCUT2D eigenvalue weighted by molar-refractivity contribution is 0.0939. The Kier molecular flexibility index (Phi) is 5.94. The molecule has 32 heavy (non-hydrogen) atoms. The van der Waals surface area contributed by atoms with E-state index in [9.17, 15) is 4.79 Å². The summed E-state index contributed by atoms with van der Waals surface area (Å²) in [6, 6.07) is 19.2. The van der Waals surface area contributed by atoms with Crippen molar-refractivity contribution in [1.82, 2.24) is 15.2 Å². The number of carbonyl (C=O) groups excluding carboxylic acids is 1. The summed E-state index contributed by atoms with van der Waals surface area (Å²) in [6.07, 6.45) is 2.26. The molecule has 4 aromatic rings. The predicted octanol–water partition coefficient (Wildman–Crippen LogP) is 5.71. The second-order valence-corrected chi connectivity index (χ2v) is 10.1. The van der Waals surface area contributed by atoms with Crippen molar-refractivity contribution in [2.75, 3.05) is 19.6 Å². The van der Waals surface area contributed by atoms with Crippen molar-refractivity contribution in [3.05, 3.63) is 76.2 Å². The van der Waals surface area contributed by atoms with Crippen LogP contribution in [0.1, 0.15) is 39.2 Å². The van der Waals surface area contributed by atoms with Crippen molar-refractivity contribution in [2.24, 2.45) is 5.92 Å². The van der Waals surface area contributed by atoms with Gasteiger partial charge in [0.15, 0.2) is 0 Å². The number of likely N-dealkylation sites (tertiary alicyclic amines) is 1. The number of piperidine rings is 1. The van der Waals surface area contributed by atoms with Gasteiger partial charge in [0.1, 0.15) is 4.83 Å². The van der Waals surface area contributed by atoms with Crippen molar-refractivity contribution < 1.29 is 4.79 Å². The number of aromatic nitrogens is 1. The molecule has 0 radical (unpaired) electrons. The smallest absolute Gasteiger partial charge is 0.261 e. The number of nitrogens with one attached hydrogen (secondary N) is 1. The third-order valence-electron chi connectivity index (χ3n) is 6.43. The summed E-state index contributed by atoms with van der Waals surface area (Å²) in [4.78, 5) is 21.8. The van der Waals surface area contributed by atoms with E-state index in [4.69, 9.17) is 4.98 Å². The van der Waals surface area contributed by atoms with E-state index in [0.717, 1.165) is 65.0 Å². The lowest BCUT2D eigenvalue weighted by Crippen LogP contribution is -2.38. The minimum Gasteiger partial charge on any atom is -0.351 e. The summed E-state index contributed by atoms with van der Waals surface area (Å²) in [5.74, 6) is 0.571. The number of carbonyl (C=O) groups is 1. The van der Waals surface area contributed by atoms with Crippen LogP contribution in [-0.4, -0.2) is 35.4 Å². The van der Waals surface area contributed by atoms with Gasteiger partial charge >= 0.3 is 0 Å². The van der Waals surface area contributed by atoms with Gasteiger partial charge in [-0.3, -0.25) is 9.69 Å². The molecule has 5 rings (SSSR count). The first-order chi connectivity index (χ1) is 15.5. The number of thiophene rings is 1. The summed E-state index contributed by atoms with van der Waals surface area (Å²) in [7, 11) is 0. The molecular formula is C27H29N3OS. The van der Waals surface area contributed by atoms with Crippen LogP contribution in [0.3, 0.4) is 0 Å². The number of nitrogens with zero attached hydrogens (tertiary/aromatic N) is 2. The lowest BCUT2D eigenvalue weighted by Gasteiger charge is -2.32. The van der Waals surface area contributed by atoms with E-state index in [-0.39, 0.29) is 5.91 Å². The molecule has 1 saturated heterocycles. The van der Waals surface area contributed by atoms with Crippen LogP contribution in [0.25, 0.3) is 21.1 Å². The quantitative estimate of drug-likeness (QED) is 0.430. The van der Waals surface area contributed by atoms with Crippen LogP contribution in [0, 0.1) is 19.8 Å². The number of aryl methyl sites for hydroxylation is 2. The zero-order valence-electron chi connectivity index (χ0n) is 18.7. The monoisotopic (exact) mass is 443 g/mol. The maximum Gasteiger partial charge on any atom is 0.261 e. The minimum atomic E-state index is 0.0235. The van der Waals surface area contributed by atoms with Crippen molar-refractivity contribution in [3.8, 4) is 0 Å². The fraction of sp³-hybridized carbons (Fsp3) is 0.333. The third kappa shape index (κ3) is 4.69. The molecule has 2 aromatic heterocycles. The van der Waals surface area contributed by atoms with Gasteiger partial charge in [-0.15, -0.1) is 11.3 Å². The Balaban J connectivity index is 1.16. The fourth-order valence-electron chi connectivity index (χ4n) is 4.59. The number of hydrogen-bond acceptors (Lipinski definition) is 4. The topological polar surface area (TPSA) is 45.2 Å². The average Bonchev–Trinajstić information content (AvgIpc) is 3.20. The van der Waals surface area contributed by atoms with Gasteiger partial charge in [-0.25, -0.2) is 4.98 Å². The number of pyridine rings is 1. The van der Waals surface area contributed by atoms with E-state index >= 15 is 0 Å². The molecule has 0 spiro atoms. The van der Waals surface area contributed by atoms with Crippen LogP contribution in [0.2, 0.25) is 0 Å². The van der Waals surface area contributed by atoms with E-state index in [1.165, 1.54) is 28.0 Å². The molecule has 0 saturated carbocycles. The molecule has 0 bridgehead atoms. The molecule has 0 unspecified atom stereocenters. The maximum absolute atomic E-state index is 12.8. The highest BCUT2D eigenvalue weighted by atomic mass is 32.1. The molecule has 0 atom stereocenters. The number of rotatable bonds is 5. The molecule has 1 aliphatic rings. The highest BCUT2D eigenvalue weighted by Crippen LogP contribution is 2.28. The van der Waals surface area contributed by atoms with E-state index in [2.05, 4.69) is 72.6 Å². The highest BCUT2D eigenvalue weighted by molar-refractivity contribution is 7.20. The van der Waals surface area contributed by atoms with Gasteiger partial charge in [0.2, 0.25) is 0 Å². The van der Waals surface area contributed by atoms with Crippen molar-refractivity contribution in [3.63, 3.8) is 0 Å². The lowest BCUT2D eigenvalue weighted by atomic mass is 9.96. The molecule has 1 N–H and O–H groups in total. The molecule has 1 aliphatic heterocycles. The molecule has 164 valence electrons. The minimum absolute atomic E-state index is 0.0235. The van der Waals surface area contributed by atoms with E-state index in [1.807, 2.05) is 6.07 Å². The zero-order valence-corrected chi connectivity index (χ0v) is 19.5. The van der Waals surface area contributed by atoms with Crippen molar-refractivity contribution >= 4 is 38.4 Å². The third-order valence-corrected chi connectivity index (χ3v) is 7.47. The average molecular weight is 444 g/mol. The molecule has 1 fully saturated rings. The Bertz CT molecular complexity index is 1270. The zero-order chi connectivity index (χ0) is 22.1. The van der Waals surface area contributed by atoms with Gasteiger partial charge in [0.05, 0.1) is 10.4 Å². The van der Waals surface area contributed by atoms with Crippen LogP contribution in [0.4, 0.5) is 0 Å². The first kappa shape index (κ1) is 21.1. The second kappa shape index (κ2) is 9.00. The summed E-state index contributed by atoms with van der Waals surface area (Å²) < 4.78 is 0. The summed E-state index contributed by atoms with van der Waals surface area (Å²) in [5, 5.41) is 5.34. The predicted molar refractivity (Wildman–Crippen MR) is 133 cm³/mol. The number of fused-ring (bicyclic) bond motifs is 2. The Labute approximate surface area is 193 Å². The molecule has 0 aliphatic carbocycles.